The quantitative estimate of drug-likeness (QED) is 0.422. The monoisotopic (exact) mass is 232 g/mol. The molecule has 0 N–H and O–H groups in total. The van der Waals surface area contributed by atoms with Gasteiger partial charge >= 0.3 is 0 Å². The lowest BCUT2D eigenvalue weighted by Crippen LogP contribution is -2.26. The number of hydrogen-bond acceptors (Lipinski definition) is 1. The number of hydrogen-bond donors (Lipinski definition) is 0. The Balaban J connectivity index is 3.39. The van der Waals surface area contributed by atoms with Gasteiger partial charge in [-0.15, -0.1) is 0 Å². The fourth-order valence-electron chi connectivity index (χ4n) is 1.02. The Kier molecular flexibility index (Phi) is 3.66. The SMILES string of the molecule is [B]c1c(F)c(F)c(P)c(F)c1OC(C)C. The molecule has 0 aliphatic heterocycles. The van der Waals surface area contributed by atoms with E-state index in [1.54, 1.807) is 23.1 Å². The summed E-state index contributed by atoms with van der Waals surface area (Å²) in [5.41, 5.74) is -0.648. The molecule has 0 bridgehead atoms. The van der Waals surface area contributed by atoms with E-state index in [1.165, 1.54) is 0 Å². The summed E-state index contributed by atoms with van der Waals surface area (Å²) in [6, 6.07) is 0. The van der Waals surface area contributed by atoms with Crippen molar-refractivity contribution >= 4 is 27.9 Å². The number of benzene rings is 1. The van der Waals surface area contributed by atoms with E-state index < -0.39 is 34.0 Å². The van der Waals surface area contributed by atoms with Crippen molar-refractivity contribution in [3.8, 4) is 5.75 Å². The second kappa shape index (κ2) is 4.44. The molecule has 15 heavy (non-hydrogen) atoms. The first-order valence-electron chi connectivity index (χ1n) is 4.24. The molecule has 1 rings (SSSR count). The molecular formula is C9H9BF3OP. The van der Waals surface area contributed by atoms with Gasteiger partial charge in [-0.2, -0.15) is 0 Å². The Morgan fingerprint density at radius 1 is 1.13 bits per heavy atom. The minimum absolute atomic E-state index is 0.379. The lowest BCUT2D eigenvalue weighted by Gasteiger charge is -2.16. The maximum absolute atomic E-state index is 13.4. The van der Waals surface area contributed by atoms with Gasteiger partial charge in [-0.05, 0) is 19.3 Å². The Morgan fingerprint density at radius 3 is 2.13 bits per heavy atom. The summed E-state index contributed by atoms with van der Waals surface area (Å²) in [6.45, 7) is 3.26. The van der Waals surface area contributed by atoms with Gasteiger partial charge in [0.1, 0.15) is 7.85 Å². The van der Waals surface area contributed by atoms with Crippen molar-refractivity contribution in [2.45, 2.75) is 20.0 Å². The standard InChI is InChI=1S/C9H9BF3OP/c1-3(2)14-8-4(10)5(11)6(12)9(15)7(8)13/h3H,15H2,1-2H3. The lowest BCUT2D eigenvalue weighted by atomic mass is 9.93. The van der Waals surface area contributed by atoms with Crippen molar-refractivity contribution in [1.82, 2.24) is 0 Å². The molecule has 0 saturated carbocycles. The van der Waals surface area contributed by atoms with Crippen LogP contribution in [-0.2, 0) is 0 Å². The lowest BCUT2D eigenvalue weighted by molar-refractivity contribution is 0.232. The second-order valence-electron chi connectivity index (χ2n) is 3.27. The third-order valence-electron chi connectivity index (χ3n) is 1.70. The van der Waals surface area contributed by atoms with Crippen LogP contribution in [-0.4, -0.2) is 14.0 Å². The second-order valence-corrected chi connectivity index (χ2v) is 3.84. The maximum atomic E-state index is 13.4. The highest BCUT2D eigenvalue weighted by atomic mass is 31.0. The van der Waals surface area contributed by atoms with E-state index in [1.807, 2.05) is 0 Å². The van der Waals surface area contributed by atoms with Gasteiger partial charge in [0.15, 0.2) is 23.2 Å². The molecule has 1 aromatic rings. The molecule has 0 spiro atoms. The summed E-state index contributed by atoms with van der Waals surface area (Å²) < 4.78 is 44.5. The Morgan fingerprint density at radius 2 is 1.67 bits per heavy atom. The molecule has 6 heteroatoms. The third-order valence-corrected chi connectivity index (χ3v) is 2.21. The van der Waals surface area contributed by atoms with Crippen LogP contribution >= 0.6 is 9.24 Å². The summed E-state index contributed by atoms with van der Waals surface area (Å²) in [4.78, 5) is 0. The largest absolute Gasteiger partial charge is 0.488 e. The van der Waals surface area contributed by atoms with Crippen molar-refractivity contribution in [3.63, 3.8) is 0 Å². The summed E-state index contributed by atoms with van der Waals surface area (Å²) in [6.07, 6.45) is -0.379. The van der Waals surface area contributed by atoms with Crippen LogP contribution in [0.5, 0.6) is 5.75 Å². The Bertz CT molecular complexity index is 366. The van der Waals surface area contributed by atoms with Crippen LogP contribution in [0.25, 0.3) is 0 Å². The molecule has 0 aromatic heterocycles. The van der Waals surface area contributed by atoms with E-state index in [2.05, 4.69) is 0 Å². The molecule has 0 heterocycles. The van der Waals surface area contributed by atoms with Crippen molar-refractivity contribution in [2.24, 2.45) is 0 Å². The normalized spacial score (nSPS) is 10.9. The molecule has 0 aliphatic rings. The minimum Gasteiger partial charge on any atom is -0.488 e. The van der Waals surface area contributed by atoms with E-state index in [9.17, 15) is 13.2 Å². The number of ether oxygens (including phenoxy) is 1. The molecular weight excluding hydrogens is 223 g/mol. The van der Waals surface area contributed by atoms with Crippen molar-refractivity contribution < 1.29 is 17.9 Å². The van der Waals surface area contributed by atoms with E-state index in [4.69, 9.17) is 12.6 Å². The fourth-order valence-corrected chi connectivity index (χ4v) is 1.28. The first kappa shape index (κ1) is 12.4. The topological polar surface area (TPSA) is 9.23 Å². The first-order valence-corrected chi connectivity index (χ1v) is 4.82. The van der Waals surface area contributed by atoms with Crippen LogP contribution in [0.3, 0.4) is 0 Å². The molecule has 1 nitrogen and oxygen atoms in total. The van der Waals surface area contributed by atoms with Gasteiger partial charge in [-0.1, -0.05) is 9.24 Å². The molecule has 0 fully saturated rings. The minimum atomic E-state index is -1.31. The molecule has 1 unspecified atom stereocenters. The maximum Gasteiger partial charge on any atom is 0.174 e. The predicted octanol–water partition coefficient (Wildman–Crippen LogP) is 1.19. The molecule has 0 amide bonds. The van der Waals surface area contributed by atoms with E-state index in [-0.39, 0.29) is 6.10 Å². The zero-order valence-electron chi connectivity index (χ0n) is 8.27. The van der Waals surface area contributed by atoms with Crippen LogP contribution < -0.4 is 15.5 Å². The van der Waals surface area contributed by atoms with Crippen LogP contribution in [0.15, 0.2) is 0 Å². The predicted molar refractivity (Wildman–Crippen MR) is 56.8 cm³/mol. The molecule has 1 aromatic carbocycles. The molecule has 2 radical (unpaired) electrons. The average Bonchev–Trinajstić information content (AvgIpc) is 2.18. The highest BCUT2D eigenvalue weighted by molar-refractivity contribution is 7.27. The number of halogens is 3. The van der Waals surface area contributed by atoms with Crippen LogP contribution in [0, 0.1) is 17.5 Å². The Labute approximate surface area is 89.6 Å². The van der Waals surface area contributed by atoms with Gasteiger partial charge in [-0.25, -0.2) is 13.2 Å². The summed E-state index contributed by atoms with van der Waals surface area (Å²) in [5, 5.41) is -0.516. The fraction of sp³-hybridized carbons (Fsp3) is 0.333. The number of rotatable bonds is 2. The van der Waals surface area contributed by atoms with Crippen molar-refractivity contribution in [3.05, 3.63) is 17.5 Å². The highest BCUT2D eigenvalue weighted by Gasteiger charge is 2.21. The summed E-state index contributed by atoms with van der Waals surface area (Å²) >= 11 is 0. The molecule has 1 atom stereocenters. The zero-order chi connectivity index (χ0) is 11.7. The smallest absolute Gasteiger partial charge is 0.174 e. The van der Waals surface area contributed by atoms with Crippen LogP contribution in [0.4, 0.5) is 13.2 Å². The summed E-state index contributed by atoms with van der Waals surface area (Å²) in [7, 11) is 6.98. The first-order chi connectivity index (χ1) is 6.86. The van der Waals surface area contributed by atoms with E-state index >= 15 is 0 Å². The van der Waals surface area contributed by atoms with E-state index in [0.717, 1.165) is 0 Å². The molecule has 80 valence electrons. The van der Waals surface area contributed by atoms with Gasteiger partial charge in [0.25, 0.3) is 0 Å². The van der Waals surface area contributed by atoms with Crippen molar-refractivity contribution in [2.75, 3.05) is 0 Å². The van der Waals surface area contributed by atoms with Gasteiger partial charge in [0.2, 0.25) is 0 Å². The third kappa shape index (κ3) is 2.28. The van der Waals surface area contributed by atoms with Crippen molar-refractivity contribution in [1.29, 1.82) is 0 Å². The van der Waals surface area contributed by atoms with Crippen LogP contribution in [0.1, 0.15) is 13.8 Å². The summed E-state index contributed by atoms with van der Waals surface area (Å²) in [5.74, 6) is -4.05. The van der Waals surface area contributed by atoms with Crippen LogP contribution in [0.2, 0.25) is 0 Å². The highest BCUT2D eigenvalue weighted by Crippen LogP contribution is 2.19. The Hall–Kier alpha value is -0.695. The van der Waals surface area contributed by atoms with Gasteiger partial charge < -0.3 is 4.74 Å². The molecule has 0 saturated heterocycles. The van der Waals surface area contributed by atoms with Gasteiger partial charge in [-0.3, -0.25) is 0 Å². The molecule has 0 aliphatic carbocycles. The zero-order valence-corrected chi connectivity index (χ0v) is 9.43. The van der Waals surface area contributed by atoms with Gasteiger partial charge in [0.05, 0.1) is 6.10 Å². The van der Waals surface area contributed by atoms with Gasteiger partial charge in [0, 0.05) is 5.30 Å². The average molecular weight is 232 g/mol. The van der Waals surface area contributed by atoms with E-state index in [0.29, 0.717) is 0 Å².